The number of aromatic hydroxyl groups is 1. The molecule has 0 radical (unpaired) electrons. The number of phenolic OH excluding ortho intramolecular Hbond substituents is 1. The Kier molecular flexibility index (Phi) is 5.13. The van der Waals surface area contributed by atoms with E-state index in [4.69, 9.17) is 4.74 Å². The molecule has 124 valence electrons. The zero-order valence-electron chi connectivity index (χ0n) is 12.2. The van der Waals surface area contributed by atoms with E-state index < -0.39 is 12.1 Å². The molecule has 0 saturated carbocycles. The van der Waals surface area contributed by atoms with E-state index in [1.807, 2.05) is 12.1 Å². The van der Waals surface area contributed by atoms with E-state index in [2.05, 4.69) is 55.8 Å². The van der Waals surface area contributed by atoms with Crippen LogP contribution in [0.25, 0.3) is 0 Å². The Balaban J connectivity index is 1.79. The summed E-state index contributed by atoms with van der Waals surface area (Å²) in [4.78, 5) is 22.8. The van der Waals surface area contributed by atoms with Gasteiger partial charge in [-0.2, -0.15) is 0 Å². The van der Waals surface area contributed by atoms with Crippen molar-refractivity contribution in [1.82, 2.24) is 10.6 Å². The Bertz CT molecular complexity index is 785. The van der Waals surface area contributed by atoms with Crippen molar-refractivity contribution in [2.45, 2.75) is 12.5 Å². The quantitative estimate of drug-likeness (QED) is 0.404. The van der Waals surface area contributed by atoms with Gasteiger partial charge in [-0.25, -0.2) is 4.79 Å². The second kappa shape index (κ2) is 7.13. The first-order chi connectivity index (χ1) is 11.4. The molecule has 1 saturated heterocycles. The van der Waals surface area contributed by atoms with Crippen LogP contribution in [-0.2, 0) is 11.2 Å². The van der Waals surface area contributed by atoms with Crippen LogP contribution >= 0.6 is 45.2 Å². The van der Waals surface area contributed by atoms with Crippen molar-refractivity contribution in [2.75, 3.05) is 0 Å². The standard InChI is InChI=1S/C16H12I2N2O4/c17-11-5-8(7-13-15(22)20-16(23)19-13)6-12(18)14(11)24-10-3-1-9(21)2-4-10/h1-6,13,21H,7H2,(H2,19,20,22,23). The van der Waals surface area contributed by atoms with Crippen LogP contribution in [0.5, 0.6) is 17.2 Å². The van der Waals surface area contributed by atoms with Crippen LogP contribution in [0.1, 0.15) is 5.56 Å². The molecule has 8 heteroatoms. The molecule has 1 heterocycles. The largest absolute Gasteiger partial charge is 0.508 e. The lowest BCUT2D eigenvalue weighted by molar-refractivity contribution is -0.120. The first-order valence-electron chi connectivity index (χ1n) is 6.98. The highest BCUT2D eigenvalue weighted by atomic mass is 127. The van der Waals surface area contributed by atoms with Crippen molar-refractivity contribution >= 4 is 57.1 Å². The molecule has 0 aliphatic carbocycles. The van der Waals surface area contributed by atoms with Crippen LogP contribution in [0.4, 0.5) is 4.79 Å². The third-order valence-corrected chi connectivity index (χ3v) is 5.02. The number of amides is 3. The molecule has 3 N–H and O–H groups in total. The number of carbonyl (C=O) groups is 2. The number of halogens is 2. The summed E-state index contributed by atoms with van der Waals surface area (Å²) in [6, 6.07) is 9.35. The number of urea groups is 1. The van der Waals surface area contributed by atoms with Gasteiger partial charge in [0.15, 0.2) is 5.75 Å². The number of ether oxygens (including phenoxy) is 1. The molecule has 1 aliphatic heterocycles. The fourth-order valence-electron chi connectivity index (χ4n) is 2.30. The number of imide groups is 1. The smallest absolute Gasteiger partial charge is 0.322 e. The summed E-state index contributed by atoms with van der Waals surface area (Å²) in [5.41, 5.74) is 0.934. The van der Waals surface area contributed by atoms with Gasteiger partial charge in [0.2, 0.25) is 0 Å². The molecule has 24 heavy (non-hydrogen) atoms. The van der Waals surface area contributed by atoms with Crippen LogP contribution in [-0.4, -0.2) is 23.1 Å². The molecule has 1 unspecified atom stereocenters. The number of hydrogen-bond donors (Lipinski definition) is 3. The van der Waals surface area contributed by atoms with E-state index in [1.165, 1.54) is 0 Å². The van der Waals surface area contributed by atoms with Gasteiger partial charge in [-0.3, -0.25) is 10.1 Å². The van der Waals surface area contributed by atoms with Gasteiger partial charge in [0.1, 0.15) is 17.5 Å². The number of hydrogen-bond acceptors (Lipinski definition) is 4. The van der Waals surface area contributed by atoms with E-state index in [0.29, 0.717) is 17.9 Å². The molecular weight excluding hydrogens is 538 g/mol. The summed E-state index contributed by atoms with van der Waals surface area (Å²) < 4.78 is 7.67. The zero-order chi connectivity index (χ0) is 17.3. The highest BCUT2D eigenvalue weighted by Gasteiger charge is 2.29. The van der Waals surface area contributed by atoms with Gasteiger partial charge in [0.05, 0.1) is 7.14 Å². The van der Waals surface area contributed by atoms with Crippen LogP contribution in [0.2, 0.25) is 0 Å². The number of phenols is 1. The van der Waals surface area contributed by atoms with E-state index in [0.717, 1.165) is 12.7 Å². The number of carbonyl (C=O) groups excluding carboxylic acids is 2. The second-order valence-corrected chi connectivity index (χ2v) is 7.53. The van der Waals surface area contributed by atoms with Crippen LogP contribution in [0.3, 0.4) is 0 Å². The lowest BCUT2D eigenvalue weighted by Crippen LogP contribution is -2.31. The van der Waals surface area contributed by atoms with Gasteiger partial charge < -0.3 is 15.2 Å². The fraction of sp³-hybridized carbons (Fsp3) is 0.125. The van der Waals surface area contributed by atoms with Gasteiger partial charge in [-0.15, -0.1) is 0 Å². The summed E-state index contributed by atoms with van der Waals surface area (Å²) in [5, 5.41) is 14.1. The predicted molar refractivity (Wildman–Crippen MR) is 104 cm³/mol. The van der Waals surface area contributed by atoms with Crippen LogP contribution < -0.4 is 15.4 Å². The van der Waals surface area contributed by atoms with E-state index in [9.17, 15) is 14.7 Å². The monoisotopic (exact) mass is 550 g/mol. The summed E-state index contributed by atoms with van der Waals surface area (Å²) >= 11 is 4.35. The lowest BCUT2D eigenvalue weighted by Gasteiger charge is -2.13. The third-order valence-electron chi connectivity index (χ3n) is 3.41. The van der Waals surface area contributed by atoms with Crippen molar-refractivity contribution in [3.63, 3.8) is 0 Å². The number of benzene rings is 2. The van der Waals surface area contributed by atoms with Crippen molar-refractivity contribution in [2.24, 2.45) is 0 Å². The third kappa shape index (κ3) is 3.91. The lowest BCUT2D eigenvalue weighted by atomic mass is 10.1. The van der Waals surface area contributed by atoms with Crippen molar-refractivity contribution < 1.29 is 19.4 Å². The molecule has 1 atom stereocenters. The number of nitrogens with one attached hydrogen (secondary N) is 2. The maximum Gasteiger partial charge on any atom is 0.322 e. The van der Waals surface area contributed by atoms with Gasteiger partial charge in [-0.05, 0) is 87.1 Å². The Hall–Kier alpha value is -1.56. The molecule has 2 aromatic rings. The van der Waals surface area contributed by atoms with Crippen molar-refractivity contribution in [1.29, 1.82) is 0 Å². The average molecular weight is 550 g/mol. The molecule has 3 amide bonds. The topological polar surface area (TPSA) is 87.7 Å². The second-order valence-electron chi connectivity index (χ2n) is 5.20. The maximum absolute atomic E-state index is 11.7. The minimum absolute atomic E-state index is 0.180. The minimum Gasteiger partial charge on any atom is -0.508 e. The Morgan fingerprint density at radius 3 is 2.25 bits per heavy atom. The van der Waals surface area contributed by atoms with Gasteiger partial charge in [0, 0.05) is 6.42 Å². The normalized spacial score (nSPS) is 16.7. The minimum atomic E-state index is -0.548. The van der Waals surface area contributed by atoms with Crippen molar-refractivity contribution in [3.05, 3.63) is 49.1 Å². The SMILES string of the molecule is O=C1NC(=O)C(Cc2cc(I)c(Oc3ccc(O)cc3)c(I)c2)N1. The summed E-state index contributed by atoms with van der Waals surface area (Å²) in [6.07, 6.45) is 0.420. The maximum atomic E-state index is 11.7. The van der Waals surface area contributed by atoms with E-state index in [-0.39, 0.29) is 11.7 Å². The highest BCUT2D eigenvalue weighted by molar-refractivity contribution is 14.1. The highest BCUT2D eigenvalue weighted by Crippen LogP contribution is 2.33. The van der Waals surface area contributed by atoms with Crippen LogP contribution in [0.15, 0.2) is 36.4 Å². The molecule has 1 aliphatic rings. The average Bonchev–Trinajstić information content (AvgIpc) is 2.82. The van der Waals surface area contributed by atoms with Crippen molar-refractivity contribution in [3.8, 4) is 17.2 Å². The molecule has 1 fully saturated rings. The molecular formula is C16H12I2N2O4. The molecule has 0 bridgehead atoms. The number of rotatable bonds is 4. The summed E-state index contributed by atoms with van der Waals surface area (Å²) in [5.74, 6) is 1.21. The Labute approximate surface area is 165 Å². The molecule has 0 aromatic heterocycles. The summed E-state index contributed by atoms with van der Waals surface area (Å²) in [6.45, 7) is 0. The first-order valence-corrected chi connectivity index (χ1v) is 9.14. The fourth-order valence-corrected chi connectivity index (χ4v) is 4.42. The molecule has 6 nitrogen and oxygen atoms in total. The first kappa shape index (κ1) is 17.3. The molecule has 0 spiro atoms. The van der Waals surface area contributed by atoms with Gasteiger partial charge >= 0.3 is 6.03 Å². The van der Waals surface area contributed by atoms with Crippen LogP contribution in [0, 0.1) is 7.14 Å². The molecule has 2 aromatic carbocycles. The Morgan fingerprint density at radius 2 is 1.71 bits per heavy atom. The summed E-state index contributed by atoms with van der Waals surface area (Å²) in [7, 11) is 0. The van der Waals surface area contributed by atoms with E-state index in [1.54, 1.807) is 24.3 Å². The predicted octanol–water partition coefficient (Wildman–Crippen LogP) is 3.14. The Morgan fingerprint density at radius 1 is 1.08 bits per heavy atom. The zero-order valence-corrected chi connectivity index (χ0v) is 16.5. The molecule has 3 rings (SSSR count). The van der Waals surface area contributed by atoms with E-state index >= 15 is 0 Å². The van der Waals surface area contributed by atoms with Gasteiger partial charge in [0.25, 0.3) is 5.91 Å². The van der Waals surface area contributed by atoms with Gasteiger partial charge in [-0.1, -0.05) is 0 Å².